The third-order valence-corrected chi connectivity index (χ3v) is 7.64. The standard InChI is InChI=1S/C28H33FN6O3/c1-28(26(36)35-14-4-3-5-15-35)16-37-25(38-17-28)24-32-22(18-6-8-19(29)9-7-18)23(33-24)21-12-13-30-27(31-21)34(2)20-10-11-20/h6-9,12-13,20,25H,3-5,10-11,14-17H2,1-2H3,(H,32,33). The maximum absolute atomic E-state index is 13.7. The quantitative estimate of drug-likeness (QED) is 0.517. The predicted molar refractivity (Wildman–Crippen MR) is 140 cm³/mol. The molecule has 4 heterocycles. The number of anilines is 1. The fourth-order valence-electron chi connectivity index (χ4n) is 5.16. The van der Waals surface area contributed by atoms with Gasteiger partial charge in [-0.3, -0.25) is 4.79 Å². The summed E-state index contributed by atoms with van der Waals surface area (Å²) in [5.74, 6) is 0.875. The van der Waals surface area contributed by atoms with Crippen LogP contribution in [0.2, 0.25) is 0 Å². The minimum Gasteiger partial charge on any atom is -0.345 e. The van der Waals surface area contributed by atoms with Crippen LogP contribution in [0.4, 0.5) is 10.3 Å². The molecule has 1 amide bonds. The molecule has 2 saturated heterocycles. The van der Waals surface area contributed by atoms with Crippen LogP contribution in [-0.2, 0) is 14.3 Å². The van der Waals surface area contributed by atoms with E-state index in [0.29, 0.717) is 34.9 Å². The molecule has 0 spiro atoms. The van der Waals surface area contributed by atoms with Crippen LogP contribution in [0.15, 0.2) is 36.5 Å². The number of aromatic nitrogens is 4. The highest BCUT2D eigenvalue weighted by Gasteiger charge is 2.43. The molecule has 1 saturated carbocycles. The Bertz CT molecular complexity index is 1290. The van der Waals surface area contributed by atoms with Crippen molar-refractivity contribution in [2.45, 2.75) is 51.4 Å². The summed E-state index contributed by atoms with van der Waals surface area (Å²) in [5, 5.41) is 0. The van der Waals surface area contributed by atoms with Gasteiger partial charge < -0.3 is 24.3 Å². The van der Waals surface area contributed by atoms with E-state index < -0.39 is 11.7 Å². The zero-order valence-corrected chi connectivity index (χ0v) is 21.8. The molecule has 3 aromatic rings. The smallest absolute Gasteiger partial charge is 0.233 e. The summed E-state index contributed by atoms with van der Waals surface area (Å²) in [6.45, 7) is 3.95. The van der Waals surface area contributed by atoms with Crippen molar-refractivity contribution in [3.8, 4) is 22.6 Å². The number of hydrogen-bond acceptors (Lipinski definition) is 7. The molecular formula is C28H33FN6O3. The zero-order chi connectivity index (χ0) is 26.3. The molecule has 1 aliphatic carbocycles. The second-order valence-corrected chi connectivity index (χ2v) is 10.8. The van der Waals surface area contributed by atoms with Crippen LogP contribution in [0.25, 0.3) is 22.6 Å². The molecule has 2 aromatic heterocycles. The number of nitrogens with zero attached hydrogens (tertiary/aromatic N) is 5. The molecule has 0 bridgehead atoms. The number of rotatable bonds is 6. The van der Waals surface area contributed by atoms with Gasteiger partial charge in [-0.15, -0.1) is 0 Å². The van der Waals surface area contributed by atoms with Crippen molar-refractivity contribution in [2.24, 2.45) is 5.41 Å². The summed E-state index contributed by atoms with van der Waals surface area (Å²) in [5.41, 5.74) is 1.95. The van der Waals surface area contributed by atoms with Gasteiger partial charge in [0.25, 0.3) is 0 Å². The number of H-pyrrole nitrogens is 1. The highest BCUT2D eigenvalue weighted by molar-refractivity contribution is 5.83. The van der Waals surface area contributed by atoms with E-state index in [4.69, 9.17) is 19.4 Å². The van der Waals surface area contributed by atoms with E-state index in [1.54, 1.807) is 18.3 Å². The third kappa shape index (κ3) is 4.90. The zero-order valence-electron chi connectivity index (χ0n) is 21.8. The van der Waals surface area contributed by atoms with Crippen molar-refractivity contribution in [3.63, 3.8) is 0 Å². The number of benzene rings is 1. The molecule has 0 atom stereocenters. The SMILES string of the molecule is CN(c1nccc(-c2[nH]c(C3OCC(C)(C(=O)N4CCCCC4)CO3)nc2-c2ccc(F)cc2)n1)C1CC1. The monoisotopic (exact) mass is 520 g/mol. The molecule has 3 aliphatic rings. The first-order chi connectivity index (χ1) is 18.4. The number of ether oxygens (including phenoxy) is 2. The Balaban J connectivity index is 1.28. The molecule has 6 rings (SSSR count). The number of carbonyl (C=O) groups is 1. The summed E-state index contributed by atoms with van der Waals surface area (Å²) in [7, 11) is 2.00. The summed E-state index contributed by atoms with van der Waals surface area (Å²) < 4.78 is 25.9. The minimum absolute atomic E-state index is 0.0797. The Labute approximate surface area is 221 Å². The van der Waals surface area contributed by atoms with Crippen molar-refractivity contribution in [2.75, 3.05) is 38.3 Å². The molecule has 10 heteroatoms. The molecule has 9 nitrogen and oxygen atoms in total. The minimum atomic E-state index is -0.763. The van der Waals surface area contributed by atoms with Gasteiger partial charge in [-0.2, -0.15) is 0 Å². The lowest BCUT2D eigenvalue weighted by Crippen LogP contribution is -2.51. The van der Waals surface area contributed by atoms with E-state index in [9.17, 15) is 9.18 Å². The molecule has 2 aliphatic heterocycles. The Morgan fingerprint density at radius 2 is 1.79 bits per heavy atom. The summed E-state index contributed by atoms with van der Waals surface area (Å²) in [6.07, 6.45) is 6.47. The topological polar surface area (TPSA) is 96.5 Å². The van der Waals surface area contributed by atoms with Gasteiger partial charge >= 0.3 is 0 Å². The van der Waals surface area contributed by atoms with Crippen LogP contribution in [0.1, 0.15) is 51.1 Å². The lowest BCUT2D eigenvalue weighted by Gasteiger charge is -2.40. The highest BCUT2D eigenvalue weighted by Crippen LogP contribution is 2.37. The maximum atomic E-state index is 13.7. The Morgan fingerprint density at radius 3 is 2.47 bits per heavy atom. The van der Waals surface area contributed by atoms with Crippen molar-refractivity contribution in [1.82, 2.24) is 24.8 Å². The van der Waals surface area contributed by atoms with Crippen LogP contribution in [0.5, 0.6) is 0 Å². The van der Waals surface area contributed by atoms with Gasteiger partial charge in [0.2, 0.25) is 18.1 Å². The molecule has 0 unspecified atom stereocenters. The van der Waals surface area contributed by atoms with Crippen LogP contribution in [0.3, 0.4) is 0 Å². The molecular weight excluding hydrogens is 487 g/mol. The molecule has 0 radical (unpaired) electrons. The van der Waals surface area contributed by atoms with Gasteiger partial charge in [0.05, 0.1) is 35.7 Å². The van der Waals surface area contributed by atoms with Crippen LogP contribution in [-0.4, -0.2) is 70.1 Å². The van der Waals surface area contributed by atoms with Crippen LogP contribution in [0, 0.1) is 11.2 Å². The van der Waals surface area contributed by atoms with E-state index >= 15 is 0 Å². The van der Waals surface area contributed by atoms with Gasteiger partial charge in [0.1, 0.15) is 5.82 Å². The number of likely N-dealkylation sites (tertiary alicyclic amines) is 1. The Hall–Kier alpha value is -3.37. The normalized spacial score (nSPS) is 23.9. The molecule has 200 valence electrons. The van der Waals surface area contributed by atoms with E-state index in [0.717, 1.165) is 50.8 Å². The van der Waals surface area contributed by atoms with Crippen molar-refractivity contribution < 1.29 is 18.7 Å². The second-order valence-electron chi connectivity index (χ2n) is 10.8. The number of nitrogens with one attached hydrogen (secondary N) is 1. The average Bonchev–Trinajstić information content (AvgIpc) is 3.72. The number of aromatic amines is 1. The summed E-state index contributed by atoms with van der Waals surface area (Å²) in [6, 6.07) is 8.48. The highest BCUT2D eigenvalue weighted by atomic mass is 19.1. The number of piperidine rings is 1. The first kappa shape index (κ1) is 24.9. The van der Waals surface area contributed by atoms with E-state index in [1.807, 2.05) is 24.9 Å². The van der Waals surface area contributed by atoms with E-state index in [2.05, 4.69) is 14.9 Å². The Morgan fingerprint density at radius 1 is 1.08 bits per heavy atom. The van der Waals surface area contributed by atoms with E-state index in [1.165, 1.54) is 12.1 Å². The number of imidazole rings is 1. The summed E-state index contributed by atoms with van der Waals surface area (Å²) in [4.78, 5) is 34.7. The molecule has 1 N–H and O–H groups in total. The fraction of sp³-hybridized carbons (Fsp3) is 0.500. The van der Waals surface area contributed by atoms with Gasteiger partial charge in [-0.25, -0.2) is 19.3 Å². The number of amides is 1. The van der Waals surface area contributed by atoms with Gasteiger partial charge in [0.15, 0.2) is 5.82 Å². The third-order valence-electron chi connectivity index (χ3n) is 7.64. The first-order valence-corrected chi connectivity index (χ1v) is 13.4. The van der Waals surface area contributed by atoms with Gasteiger partial charge in [-0.05, 0) is 69.4 Å². The van der Waals surface area contributed by atoms with Gasteiger partial charge in [-0.1, -0.05) is 0 Å². The Kier molecular flexibility index (Phi) is 6.61. The average molecular weight is 521 g/mol. The van der Waals surface area contributed by atoms with Crippen molar-refractivity contribution in [1.29, 1.82) is 0 Å². The van der Waals surface area contributed by atoms with Crippen molar-refractivity contribution in [3.05, 3.63) is 48.2 Å². The predicted octanol–water partition coefficient (Wildman–Crippen LogP) is 4.34. The lowest BCUT2D eigenvalue weighted by molar-refractivity contribution is -0.234. The van der Waals surface area contributed by atoms with Crippen LogP contribution < -0.4 is 4.90 Å². The molecule has 3 fully saturated rings. The molecule has 38 heavy (non-hydrogen) atoms. The van der Waals surface area contributed by atoms with Crippen LogP contribution >= 0.6 is 0 Å². The number of hydrogen-bond donors (Lipinski definition) is 1. The maximum Gasteiger partial charge on any atom is 0.233 e. The summed E-state index contributed by atoms with van der Waals surface area (Å²) >= 11 is 0. The number of halogens is 1. The van der Waals surface area contributed by atoms with Crippen molar-refractivity contribution >= 4 is 11.9 Å². The largest absolute Gasteiger partial charge is 0.345 e. The second kappa shape index (κ2) is 10.1. The fourth-order valence-corrected chi connectivity index (χ4v) is 5.16. The lowest BCUT2D eigenvalue weighted by atomic mass is 9.89. The number of carbonyl (C=O) groups excluding carboxylic acids is 1. The van der Waals surface area contributed by atoms with Gasteiger partial charge in [0, 0.05) is 37.9 Å². The first-order valence-electron chi connectivity index (χ1n) is 13.4. The van der Waals surface area contributed by atoms with E-state index in [-0.39, 0.29) is 24.9 Å². The molecule has 1 aromatic carbocycles.